The molecule has 4 atom stereocenters. The second-order valence-electron chi connectivity index (χ2n) is 10.5. The van der Waals surface area contributed by atoms with Gasteiger partial charge in [-0.2, -0.15) is 0 Å². The van der Waals surface area contributed by atoms with E-state index in [1.54, 1.807) is 29.4 Å². The number of amides is 3. The van der Waals surface area contributed by atoms with Crippen LogP contribution in [0.15, 0.2) is 48.8 Å². The SMILES string of the molecule is COCC(=O)N[C@@H]1CC[C@H]2CCOc3ccccc3C(=O)N3CCN(Cc4ccncc4)C[C@H]3C(=O)NC[C@H]1O2. The maximum absolute atomic E-state index is 13.8. The number of nitrogens with zero attached hydrogens (tertiary/aromatic N) is 3. The van der Waals surface area contributed by atoms with Crippen molar-refractivity contribution < 1.29 is 28.6 Å². The average Bonchev–Trinajstić information content (AvgIpc) is 2.97. The van der Waals surface area contributed by atoms with E-state index in [-0.39, 0.29) is 43.0 Å². The zero-order chi connectivity index (χ0) is 27.9. The number of benzene rings is 1. The van der Waals surface area contributed by atoms with E-state index in [1.165, 1.54) is 7.11 Å². The molecule has 3 aliphatic rings. The quantitative estimate of drug-likeness (QED) is 0.564. The summed E-state index contributed by atoms with van der Waals surface area (Å²) in [6.45, 7) is 2.61. The Labute approximate surface area is 234 Å². The van der Waals surface area contributed by atoms with Crippen molar-refractivity contribution in [3.63, 3.8) is 0 Å². The highest BCUT2D eigenvalue weighted by Gasteiger charge is 2.38. The van der Waals surface area contributed by atoms with Gasteiger partial charge in [0.2, 0.25) is 11.8 Å². The lowest BCUT2D eigenvalue weighted by atomic mass is 9.96. The molecule has 0 aliphatic carbocycles. The number of nitrogens with one attached hydrogen (secondary N) is 2. The maximum atomic E-state index is 13.8. The third-order valence-corrected chi connectivity index (χ3v) is 7.71. The molecule has 11 heteroatoms. The zero-order valence-electron chi connectivity index (χ0n) is 22.8. The van der Waals surface area contributed by atoms with Crippen molar-refractivity contribution in [2.24, 2.45) is 0 Å². The number of fused-ring (bicyclic) bond motifs is 4. The Hall–Kier alpha value is -3.54. The fraction of sp³-hybridized carbons (Fsp3) is 0.517. The molecular weight excluding hydrogens is 514 g/mol. The van der Waals surface area contributed by atoms with Crippen LogP contribution in [0.4, 0.5) is 0 Å². The first-order valence-corrected chi connectivity index (χ1v) is 13.9. The van der Waals surface area contributed by atoms with Crippen LogP contribution < -0.4 is 15.4 Å². The van der Waals surface area contributed by atoms with Crippen LogP contribution in [0, 0.1) is 0 Å². The first-order chi connectivity index (χ1) is 19.5. The Morgan fingerprint density at radius 3 is 2.77 bits per heavy atom. The number of carbonyl (C=O) groups is 3. The van der Waals surface area contributed by atoms with Gasteiger partial charge in [0.15, 0.2) is 0 Å². The van der Waals surface area contributed by atoms with Gasteiger partial charge in [0.1, 0.15) is 18.4 Å². The lowest BCUT2D eigenvalue weighted by molar-refractivity contribution is -0.132. The predicted molar refractivity (Wildman–Crippen MR) is 146 cm³/mol. The normalized spacial score (nSPS) is 26.0. The Balaban J connectivity index is 1.39. The van der Waals surface area contributed by atoms with Crippen LogP contribution in [0.2, 0.25) is 0 Å². The number of methoxy groups -OCH3 is 1. The van der Waals surface area contributed by atoms with Crippen LogP contribution in [0.5, 0.6) is 5.75 Å². The summed E-state index contributed by atoms with van der Waals surface area (Å²) in [7, 11) is 1.47. The predicted octanol–water partition coefficient (Wildman–Crippen LogP) is 0.986. The van der Waals surface area contributed by atoms with Gasteiger partial charge in [-0.15, -0.1) is 0 Å². The number of para-hydroxylation sites is 1. The van der Waals surface area contributed by atoms with Crippen molar-refractivity contribution in [2.45, 2.75) is 50.1 Å². The molecule has 2 bridgehead atoms. The van der Waals surface area contributed by atoms with E-state index in [2.05, 4.69) is 20.5 Å². The van der Waals surface area contributed by atoms with Crippen molar-refractivity contribution in [3.05, 3.63) is 59.9 Å². The van der Waals surface area contributed by atoms with Crippen LogP contribution in [0.1, 0.15) is 35.2 Å². The molecule has 5 rings (SSSR count). The second-order valence-corrected chi connectivity index (χ2v) is 10.5. The molecule has 11 nitrogen and oxygen atoms in total. The van der Waals surface area contributed by atoms with E-state index >= 15 is 0 Å². The molecule has 3 amide bonds. The van der Waals surface area contributed by atoms with Gasteiger partial charge >= 0.3 is 0 Å². The number of pyridine rings is 1. The molecule has 0 radical (unpaired) electrons. The molecule has 0 saturated carbocycles. The molecule has 2 fully saturated rings. The summed E-state index contributed by atoms with van der Waals surface area (Å²) < 4.78 is 17.4. The lowest BCUT2D eigenvalue weighted by Gasteiger charge is -2.42. The number of hydrogen-bond acceptors (Lipinski definition) is 8. The van der Waals surface area contributed by atoms with E-state index in [4.69, 9.17) is 14.2 Å². The Morgan fingerprint density at radius 1 is 1.12 bits per heavy atom. The zero-order valence-corrected chi connectivity index (χ0v) is 22.8. The van der Waals surface area contributed by atoms with E-state index < -0.39 is 12.1 Å². The highest BCUT2D eigenvalue weighted by Crippen LogP contribution is 2.26. The first-order valence-electron chi connectivity index (χ1n) is 13.9. The fourth-order valence-electron chi connectivity index (χ4n) is 5.65. The van der Waals surface area contributed by atoms with E-state index in [0.29, 0.717) is 56.9 Å². The van der Waals surface area contributed by atoms with E-state index in [0.717, 1.165) is 12.0 Å². The first kappa shape index (κ1) is 28.0. The van der Waals surface area contributed by atoms with Gasteiger partial charge in [-0.05, 0) is 42.7 Å². The summed E-state index contributed by atoms with van der Waals surface area (Å²) in [4.78, 5) is 47.8. The van der Waals surface area contributed by atoms with E-state index in [1.807, 2.05) is 24.3 Å². The number of carbonyl (C=O) groups excluding carboxylic acids is 3. The van der Waals surface area contributed by atoms with Gasteiger partial charge in [0.25, 0.3) is 5.91 Å². The molecule has 2 aromatic rings. The van der Waals surface area contributed by atoms with Crippen molar-refractivity contribution >= 4 is 17.7 Å². The fourth-order valence-corrected chi connectivity index (χ4v) is 5.65. The summed E-state index contributed by atoms with van der Waals surface area (Å²) >= 11 is 0. The summed E-state index contributed by atoms with van der Waals surface area (Å²) in [5, 5.41) is 6.03. The molecule has 214 valence electrons. The van der Waals surface area contributed by atoms with E-state index in [9.17, 15) is 14.4 Å². The number of hydrogen-bond donors (Lipinski definition) is 2. The summed E-state index contributed by atoms with van der Waals surface area (Å²) in [5.41, 5.74) is 1.54. The Kier molecular flexibility index (Phi) is 9.25. The molecule has 1 aromatic heterocycles. The van der Waals surface area contributed by atoms with Gasteiger partial charge in [0.05, 0.1) is 30.4 Å². The molecule has 4 heterocycles. The highest BCUT2D eigenvalue weighted by atomic mass is 16.5. The largest absolute Gasteiger partial charge is 0.493 e. The van der Waals surface area contributed by atoms with Gasteiger partial charge < -0.3 is 29.7 Å². The number of piperazine rings is 1. The Morgan fingerprint density at radius 2 is 1.95 bits per heavy atom. The van der Waals surface area contributed by atoms with Gasteiger partial charge in [-0.25, -0.2) is 0 Å². The average molecular weight is 552 g/mol. The van der Waals surface area contributed by atoms with Crippen LogP contribution in [-0.2, 0) is 25.6 Å². The van der Waals surface area contributed by atoms with Gasteiger partial charge in [0, 0.05) is 58.6 Å². The van der Waals surface area contributed by atoms with Gasteiger partial charge in [-0.3, -0.25) is 24.3 Å². The number of aromatic nitrogens is 1. The molecule has 0 unspecified atom stereocenters. The summed E-state index contributed by atoms with van der Waals surface area (Å²) in [6.07, 6.45) is 5.07. The van der Waals surface area contributed by atoms with Crippen LogP contribution >= 0.6 is 0 Å². The smallest absolute Gasteiger partial charge is 0.258 e. The van der Waals surface area contributed by atoms with Crippen LogP contribution in [0.3, 0.4) is 0 Å². The van der Waals surface area contributed by atoms with Crippen molar-refractivity contribution in [3.8, 4) is 5.75 Å². The molecule has 40 heavy (non-hydrogen) atoms. The minimum absolute atomic E-state index is 0.0429. The highest BCUT2D eigenvalue weighted by molar-refractivity contribution is 6.00. The van der Waals surface area contributed by atoms with Crippen molar-refractivity contribution in [1.82, 2.24) is 25.4 Å². The minimum Gasteiger partial charge on any atom is -0.493 e. The molecular formula is C29H37N5O6. The second kappa shape index (κ2) is 13.2. The van der Waals surface area contributed by atoms with Gasteiger partial charge in [-0.1, -0.05) is 12.1 Å². The van der Waals surface area contributed by atoms with Crippen LogP contribution in [-0.4, -0.2) is 103 Å². The monoisotopic (exact) mass is 551 g/mol. The maximum Gasteiger partial charge on any atom is 0.258 e. The Bertz CT molecular complexity index is 1180. The topological polar surface area (TPSA) is 122 Å². The lowest BCUT2D eigenvalue weighted by Crippen LogP contribution is -2.62. The molecule has 3 aliphatic heterocycles. The van der Waals surface area contributed by atoms with Crippen molar-refractivity contribution in [1.29, 1.82) is 0 Å². The third-order valence-electron chi connectivity index (χ3n) is 7.71. The van der Waals surface area contributed by atoms with Crippen LogP contribution in [0.25, 0.3) is 0 Å². The molecule has 2 saturated heterocycles. The minimum atomic E-state index is -0.708. The summed E-state index contributed by atoms with van der Waals surface area (Å²) in [5.74, 6) is -0.204. The molecule has 1 aromatic carbocycles. The number of ether oxygens (including phenoxy) is 3. The van der Waals surface area contributed by atoms with Crippen molar-refractivity contribution in [2.75, 3.05) is 46.5 Å². The third kappa shape index (κ3) is 6.78. The molecule has 0 spiro atoms. The number of rotatable bonds is 5. The molecule has 2 N–H and O–H groups in total. The summed E-state index contributed by atoms with van der Waals surface area (Å²) in [6, 6.07) is 10.1. The standard InChI is InChI=1S/C29H37N5O6/c1-38-19-27(35)32-23-7-6-21-10-15-39-25-5-3-2-4-22(25)29(37)34-14-13-33(17-20-8-11-30-12-9-20)18-24(34)28(36)31-16-26(23)40-21/h2-5,8-9,11-12,21,23-24,26H,6-7,10,13-19H2,1H3,(H,31,36)(H,32,35)/t21-,23+,24-,26+/m0/s1.